The van der Waals surface area contributed by atoms with Crippen molar-refractivity contribution < 1.29 is 5.11 Å². The molecule has 1 aromatic heterocycles. The van der Waals surface area contributed by atoms with Crippen LogP contribution in [0.3, 0.4) is 0 Å². The number of hydrogen-bond donors (Lipinski definition) is 1. The molecule has 0 spiro atoms. The van der Waals surface area contributed by atoms with Gasteiger partial charge >= 0.3 is 0 Å². The fourth-order valence-corrected chi connectivity index (χ4v) is 1.64. The molecule has 0 fully saturated rings. The standard InChI is InChI=1S/C13H15NO/c15-13(14-10-4-5-11-14)9-8-12-6-2-1-3-7-12/h1-7,10-11,13,15H,8-9H2/t13-/m1/s1. The zero-order chi connectivity index (χ0) is 10.5. The van der Waals surface area contributed by atoms with Crippen LogP contribution < -0.4 is 0 Å². The van der Waals surface area contributed by atoms with Crippen molar-refractivity contribution in [1.82, 2.24) is 4.57 Å². The lowest BCUT2D eigenvalue weighted by Gasteiger charge is -2.12. The quantitative estimate of drug-likeness (QED) is 0.808. The molecule has 15 heavy (non-hydrogen) atoms. The summed E-state index contributed by atoms with van der Waals surface area (Å²) in [6, 6.07) is 14.1. The summed E-state index contributed by atoms with van der Waals surface area (Å²) < 4.78 is 1.82. The van der Waals surface area contributed by atoms with E-state index in [1.807, 2.05) is 47.3 Å². The van der Waals surface area contributed by atoms with Crippen LogP contribution in [0.2, 0.25) is 0 Å². The molecule has 0 radical (unpaired) electrons. The highest BCUT2D eigenvalue weighted by Gasteiger charge is 2.04. The first-order valence-electron chi connectivity index (χ1n) is 5.21. The zero-order valence-electron chi connectivity index (χ0n) is 8.58. The summed E-state index contributed by atoms with van der Waals surface area (Å²) in [7, 11) is 0. The normalized spacial score (nSPS) is 12.6. The monoisotopic (exact) mass is 201 g/mol. The molecule has 0 amide bonds. The van der Waals surface area contributed by atoms with Crippen LogP contribution in [0.15, 0.2) is 54.9 Å². The molecule has 0 aliphatic heterocycles. The number of nitrogens with zero attached hydrogens (tertiary/aromatic N) is 1. The van der Waals surface area contributed by atoms with Crippen LogP contribution >= 0.6 is 0 Å². The van der Waals surface area contributed by atoms with Gasteiger partial charge in [0.15, 0.2) is 0 Å². The molecule has 1 N–H and O–H groups in total. The Bertz CT molecular complexity index is 380. The highest BCUT2D eigenvalue weighted by Crippen LogP contribution is 2.12. The summed E-state index contributed by atoms with van der Waals surface area (Å²) in [4.78, 5) is 0. The third-order valence-electron chi connectivity index (χ3n) is 2.51. The first-order chi connectivity index (χ1) is 7.36. The van der Waals surface area contributed by atoms with Crippen molar-refractivity contribution in [3.63, 3.8) is 0 Å². The third-order valence-corrected chi connectivity index (χ3v) is 2.51. The van der Waals surface area contributed by atoms with Crippen LogP contribution in [0.1, 0.15) is 18.2 Å². The van der Waals surface area contributed by atoms with Gasteiger partial charge in [0, 0.05) is 12.4 Å². The van der Waals surface area contributed by atoms with E-state index in [4.69, 9.17) is 0 Å². The number of aliphatic hydroxyl groups is 1. The van der Waals surface area contributed by atoms with E-state index in [-0.39, 0.29) is 0 Å². The lowest BCUT2D eigenvalue weighted by Crippen LogP contribution is -2.06. The molecule has 0 saturated carbocycles. The Kier molecular flexibility index (Phi) is 3.20. The molecule has 0 bridgehead atoms. The molecular formula is C13H15NO. The smallest absolute Gasteiger partial charge is 0.130 e. The molecule has 0 saturated heterocycles. The highest BCUT2D eigenvalue weighted by molar-refractivity contribution is 5.14. The maximum atomic E-state index is 9.83. The summed E-state index contributed by atoms with van der Waals surface area (Å²) in [6.07, 6.45) is 5.00. The van der Waals surface area contributed by atoms with Gasteiger partial charge in [-0.05, 0) is 30.5 Å². The van der Waals surface area contributed by atoms with E-state index in [0.29, 0.717) is 0 Å². The number of rotatable bonds is 4. The first-order valence-corrected chi connectivity index (χ1v) is 5.21. The van der Waals surface area contributed by atoms with Gasteiger partial charge in [0.25, 0.3) is 0 Å². The van der Waals surface area contributed by atoms with Gasteiger partial charge in [-0.1, -0.05) is 30.3 Å². The van der Waals surface area contributed by atoms with Gasteiger partial charge in [0.1, 0.15) is 6.23 Å². The predicted octanol–water partition coefficient (Wildman–Crippen LogP) is 2.61. The Balaban J connectivity index is 1.89. The third kappa shape index (κ3) is 2.70. The maximum absolute atomic E-state index is 9.83. The second-order valence-corrected chi connectivity index (χ2v) is 3.64. The molecule has 1 aromatic carbocycles. The van der Waals surface area contributed by atoms with E-state index in [1.54, 1.807) is 0 Å². The van der Waals surface area contributed by atoms with E-state index >= 15 is 0 Å². The van der Waals surface area contributed by atoms with Gasteiger partial charge in [-0.2, -0.15) is 0 Å². The van der Waals surface area contributed by atoms with Crippen LogP contribution in [-0.2, 0) is 6.42 Å². The summed E-state index contributed by atoms with van der Waals surface area (Å²) in [5.41, 5.74) is 1.27. The minimum absolute atomic E-state index is 0.416. The van der Waals surface area contributed by atoms with Crippen molar-refractivity contribution >= 4 is 0 Å². The van der Waals surface area contributed by atoms with Crippen molar-refractivity contribution in [2.75, 3.05) is 0 Å². The summed E-state index contributed by atoms with van der Waals surface area (Å²) in [5, 5.41) is 9.83. The second-order valence-electron chi connectivity index (χ2n) is 3.64. The number of aromatic nitrogens is 1. The van der Waals surface area contributed by atoms with Crippen molar-refractivity contribution in [3.05, 3.63) is 60.4 Å². The molecule has 2 nitrogen and oxygen atoms in total. The summed E-state index contributed by atoms with van der Waals surface area (Å²) in [5.74, 6) is 0. The minimum Gasteiger partial charge on any atom is -0.373 e. The molecule has 0 aliphatic carbocycles. The van der Waals surface area contributed by atoms with Gasteiger partial charge in [-0.3, -0.25) is 0 Å². The Morgan fingerprint density at radius 2 is 1.67 bits per heavy atom. The SMILES string of the molecule is O[C@H](CCc1ccccc1)n1cccc1. The predicted molar refractivity (Wildman–Crippen MR) is 60.5 cm³/mol. The van der Waals surface area contributed by atoms with Crippen LogP contribution in [0.25, 0.3) is 0 Å². The maximum Gasteiger partial charge on any atom is 0.130 e. The van der Waals surface area contributed by atoms with Crippen molar-refractivity contribution in [2.24, 2.45) is 0 Å². The zero-order valence-corrected chi connectivity index (χ0v) is 8.58. The van der Waals surface area contributed by atoms with E-state index in [9.17, 15) is 5.11 Å². The van der Waals surface area contributed by atoms with Crippen LogP contribution in [-0.4, -0.2) is 9.67 Å². The van der Waals surface area contributed by atoms with Crippen LogP contribution in [0.5, 0.6) is 0 Å². The van der Waals surface area contributed by atoms with E-state index in [2.05, 4.69) is 12.1 Å². The molecule has 2 aromatic rings. The van der Waals surface area contributed by atoms with Gasteiger partial charge in [-0.25, -0.2) is 0 Å². The average molecular weight is 201 g/mol. The fourth-order valence-electron chi connectivity index (χ4n) is 1.64. The first kappa shape index (κ1) is 9.99. The Hall–Kier alpha value is -1.54. The van der Waals surface area contributed by atoms with Crippen molar-refractivity contribution in [3.8, 4) is 0 Å². The lowest BCUT2D eigenvalue weighted by molar-refractivity contribution is 0.0952. The minimum atomic E-state index is -0.416. The van der Waals surface area contributed by atoms with Crippen molar-refractivity contribution in [2.45, 2.75) is 19.1 Å². The van der Waals surface area contributed by atoms with E-state index < -0.39 is 6.23 Å². The Morgan fingerprint density at radius 1 is 1.00 bits per heavy atom. The summed E-state index contributed by atoms with van der Waals surface area (Å²) in [6.45, 7) is 0. The van der Waals surface area contributed by atoms with Gasteiger partial charge in [0.05, 0.1) is 0 Å². The number of hydrogen-bond acceptors (Lipinski definition) is 1. The second kappa shape index (κ2) is 4.80. The van der Waals surface area contributed by atoms with Crippen LogP contribution in [0, 0.1) is 0 Å². The Morgan fingerprint density at radius 3 is 2.33 bits per heavy atom. The molecule has 1 atom stereocenters. The van der Waals surface area contributed by atoms with E-state index in [1.165, 1.54) is 5.56 Å². The number of aryl methyl sites for hydroxylation is 1. The lowest BCUT2D eigenvalue weighted by atomic mass is 10.1. The summed E-state index contributed by atoms with van der Waals surface area (Å²) >= 11 is 0. The molecule has 2 heteroatoms. The molecule has 0 aliphatic rings. The molecule has 2 rings (SSSR count). The van der Waals surface area contributed by atoms with Gasteiger partial charge in [0.2, 0.25) is 0 Å². The largest absolute Gasteiger partial charge is 0.373 e. The topological polar surface area (TPSA) is 25.2 Å². The average Bonchev–Trinajstić information content (AvgIpc) is 2.81. The number of benzene rings is 1. The van der Waals surface area contributed by atoms with Crippen LogP contribution in [0.4, 0.5) is 0 Å². The molecule has 78 valence electrons. The highest BCUT2D eigenvalue weighted by atomic mass is 16.3. The van der Waals surface area contributed by atoms with Gasteiger partial charge < -0.3 is 9.67 Å². The van der Waals surface area contributed by atoms with E-state index in [0.717, 1.165) is 12.8 Å². The molecule has 1 heterocycles. The fraction of sp³-hybridized carbons (Fsp3) is 0.231. The van der Waals surface area contributed by atoms with Gasteiger partial charge in [-0.15, -0.1) is 0 Å². The number of aliphatic hydroxyl groups excluding tert-OH is 1. The Labute approximate surface area is 89.8 Å². The molecular weight excluding hydrogens is 186 g/mol. The molecule has 0 unspecified atom stereocenters. The van der Waals surface area contributed by atoms with Crippen molar-refractivity contribution in [1.29, 1.82) is 0 Å².